The summed E-state index contributed by atoms with van der Waals surface area (Å²) in [5, 5.41) is 27.2. The van der Waals surface area contributed by atoms with Gasteiger partial charge in [-0.25, -0.2) is 0 Å². The molecular weight excluding hydrogens is 176 g/mol. The first-order valence-corrected chi connectivity index (χ1v) is 3.73. The standard InChI is InChI=1S/C8H12O5/c1-4-7(12-2)6(11)8(13-4)5(10)3-9/h5,8-11H,1,3H2,2H3/t5?,8-/m1/s1. The Kier molecular flexibility index (Phi) is 2.79. The summed E-state index contributed by atoms with van der Waals surface area (Å²) in [5.74, 6) is 0.0176. The molecule has 2 atom stereocenters. The average molecular weight is 188 g/mol. The second kappa shape index (κ2) is 3.68. The molecule has 0 spiro atoms. The van der Waals surface area contributed by atoms with Gasteiger partial charge >= 0.3 is 0 Å². The zero-order chi connectivity index (χ0) is 10.0. The molecule has 1 aliphatic rings. The molecule has 0 saturated carbocycles. The molecule has 0 saturated heterocycles. The molecule has 13 heavy (non-hydrogen) atoms. The van der Waals surface area contributed by atoms with Gasteiger partial charge in [-0.2, -0.15) is 0 Å². The molecule has 0 aromatic rings. The van der Waals surface area contributed by atoms with Crippen molar-refractivity contribution in [2.45, 2.75) is 12.2 Å². The SMILES string of the molecule is C=C1O[C@H](C(O)CO)C(O)=C1OC. The average Bonchev–Trinajstić information content (AvgIpc) is 2.40. The van der Waals surface area contributed by atoms with Gasteiger partial charge in [-0.3, -0.25) is 0 Å². The van der Waals surface area contributed by atoms with Crippen LogP contribution in [0.25, 0.3) is 0 Å². The van der Waals surface area contributed by atoms with Gasteiger partial charge in [0.1, 0.15) is 6.10 Å². The van der Waals surface area contributed by atoms with Crippen LogP contribution in [0.4, 0.5) is 0 Å². The summed E-state index contributed by atoms with van der Waals surface area (Å²) in [4.78, 5) is 0. The summed E-state index contributed by atoms with van der Waals surface area (Å²) < 4.78 is 9.75. The molecule has 0 aliphatic carbocycles. The quantitative estimate of drug-likeness (QED) is 0.565. The normalized spacial score (nSPS) is 24.5. The Labute approximate surface area is 75.5 Å². The van der Waals surface area contributed by atoms with Crippen molar-refractivity contribution in [3.05, 3.63) is 23.9 Å². The fourth-order valence-corrected chi connectivity index (χ4v) is 1.11. The lowest BCUT2D eigenvalue weighted by Gasteiger charge is -2.15. The first-order valence-electron chi connectivity index (χ1n) is 3.73. The van der Waals surface area contributed by atoms with Crippen LogP contribution in [0.1, 0.15) is 0 Å². The third-order valence-corrected chi connectivity index (χ3v) is 1.77. The summed E-state index contributed by atoms with van der Waals surface area (Å²) in [7, 11) is 1.35. The largest absolute Gasteiger partial charge is 0.505 e. The Bertz CT molecular complexity index is 245. The van der Waals surface area contributed by atoms with Crippen molar-refractivity contribution in [3.63, 3.8) is 0 Å². The topological polar surface area (TPSA) is 79.2 Å². The van der Waals surface area contributed by atoms with Gasteiger partial charge < -0.3 is 24.8 Å². The number of aliphatic hydroxyl groups is 3. The van der Waals surface area contributed by atoms with Gasteiger partial charge in [0.05, 0.1) is 13.7 Å². The lowest BCUT2D eigenvalue weighted by atomic mass is 10.2. The predicted octanol–water partition coefficient (Wildman–Crippen LogP) is -0.332. The summed E-state index contributed by atoms with van der Waals surface area (Å²) in [5.41, 5.74) is 0. The Hall–Kier alpha value is -1.20. The molecule has 3 N–H and O–H groups in total. The van der Waals surface area contributed by atoms with Crippen LogP contribution in [-0.2, 0) is 9.47 Å². The second-order valence-electron chi connectivity index (χ2n) is 2.63. The molecule has 1 heterocycles. The van der Waals surface area contributed by atoms with Crippen LogP contribution in [0.3, 0.4) is 0 Å². The van der Waals surface area contributed by atoms with E-state index in [9.17, 15) is 10.2 Å². The van der Waals surface area contributed by atoms with Crippen molar-refractivity contribution in [3.8, 4) is 0 Å². The number of hydrogen-bond acceptors (Lipinski definition) is 5. The van der Waals surface area contributed by atoms with Gasteiger partial charge in [0.15, 0.2) is 17.6 Å². The lowest BCUT2D eigenvalue weighted by molar-refractivity contribution is -0.0164. The third kappa shape index (κ3) is 1.61. The van der Waals surface area contributed by atoms with Gasteiger partial charge in [-0.15, -0.1) is 0 Å². The first kappa shape index (κ1) is 9.88. The summed E-state index contributed by atoms with van der Waals surface area (Å²) in [6.07, 6.45) is -2.16. The molecule has 74 valence electrons. The van der Waals surface area contributed by atoms with Crippen molar-refractivity contribution >= 4 is 0 Å². The van der Waals surface area contributed by atoms with E-state index in [0.717, 1.165) is 0 Å². The predicted molar refractivity (Wildman–Crippen MR) is 43.8 cm³/mol. The van der Waals surface area contributed by atoms with Gasteiger partial charge in [0.25, 0.3) is 0 Å². The van der Waals surface area contributed by atoms with Crippen molar-refractivity contribution in [1.82, 2.24) is 0 Å². The number of ether oxygens (including phenoxy) is 2. The second-order valence-corrected chi connectivity index (χ2v) is 2.63. The van der Waals surface area contributed by atoms with Crippen LogP contribution in [-0.4, -0.2) is 41.2 Å². The van der Waals surface area contributed by atoms with E-state index in [4.69, 9.17) is 14.6 Å². The van der Waals surface area contributed by atoms with Gasteiger partial charge in [-0.1, -0.05) is 6.58 Å². The molecule has 0 radical (unpaired) electrons. The highest BCUT2D eigenvalue weighted by Gasteiger charge is 2.36. The van der Waals surface area contributed by atoms with E-state index in [2.05, 4.69) is 6.58 Å². The molecule has 0 amide bonds. The van der Waals surface area contributed by atoms with Crippen LogP contribution < -0.4 is 0 Å². The first-order chi connectivity index (χ1) is 6.11. The molecule has 5 nitrogen and oxygen atoms in total. The Balaban J connectivity index is 2.84. The molecule has 1 aliphatic heterocycles. The number of hydrogen-bond donors (Lipinski definition) is 3. The minimum absolute atomic E-state index is 0.109. The van der Waals surface area contributed by atoms with E-state index >= 15 is 0 Å². The third-order valence-electron chi connectivity index (χ3n) is 1.77. The van der Waals surface area contributed by atoms with Crippen LogP contribution in [0, 0.1) is 0 Å². The molecule has 1 rings (SSSR count). The molecule has 0 bridgehead atoms. The zero-order valence-electron chi connectivity index (χ0n) is 7.23. The van der Waals surface area contributed by atoms with E-state index in [1.54, 1.807) is 0 Å². The summed E-state index contributed by atoms with van der Waals surface area (Å²) in [6.45, 7) is 2.96. The number of methoxy groups -OCH3 is 1. The van der Waals surface area contributed by atoms with E-state index in [1.165, 1.54) is 7.11 Å². The molecule has 0 aromatic carbocycles. The smallest absolute Gasteiger partial charge is 0.202 e. The fourth-order valence-electron chi connectivity index (χ4n) is 1.11. The fraction of sp³-hybridized carbons (Fsp3) is 0.500. The highest BCUT2D eigenvalue weighted by molar-refractivity contribution is 5.29. The molecule has 1 unspecified atom stereocenters. The number of aliphatic hydroxyl groups excluding tert-OH is 3. The molecular formula is C8H12O5. The Morgan fingerprint density at radius 1 is 1.69 bits per heavy atom. The van der Waals surface area contributed by atoms with E-state index < -0.39 is 18.8 Å². The summed E-state index contributed by atoms with van der Waals surface area (Å²) >= 11 is 0. The minimum atomic E-state index is -1.18. The molecule has 0 fully saturated rings. The van der Waals surface area contributed by atoms with Crippen LogP contribution in [0.2, 0.25) is 0 Å². The highest BCUT2D eigenvalue weighted by Crippen LogP contribution is 2.29. The van der Waals surface area contributed by atoms with Crippen molar-refractivity contribution < 1.29 is 24.8 Å². The van der Waals surface area contributed by atoms with E-state index in [-0.39, 0.29) is 17.3 Å². The zero-order valence-corrected chi connectivity index (χ0v) is 7.23. The Morgan fingerprint density at radius 3 is 2.69 bits per heavy atom. The van der Waals surface area contributed by atoms with Crippen molar-refractivity contribution in [2.75, 3.05) is 13.7 Å². The summed E-state index contributed by atoms with van der Waals surface area (Å²) in [6, 6.07) is 0. The van der Waals surface area contributed by atoms with Crippen LogP contribution in [0.15, 0.2) is 23.9 Å². The maximum atomic E-state index is 9.42. The van der Waals surface area contributed by atoms with Gasteiger partial charge in [0.2, 0.25) is 5.76 Å². The lowest BCUT2D eigenvalue weighted by Crippen LogP contribution is -2.30. The highest BCUT2D eigenvalue weighted by atomic mass is 16.6. The van der Waals surface area contributed by atoms with E-state index in [1.807, 2.05) is 0 Å². The van der Waals surface area contributed by atoms with Gasteiger partial charge in [-0.05, 0) is 0 Å². The van der Waals surface area contributed by atoms with E-state index in [0.29, 0.717) is 0 Å². The van der Waals surface area contributed by atoms with Crippen molar-refractivity contribution in [1.29, 1.82) is 0 Å². The molecule has 5 heteroatoms. The van der Waals surface area contributed by atoms with Crippen LogP contribution >= 0.6 is 0 Å². The monoisotopic (exact) mass is 188 g/mol. The molecule has 0 aromatic heterocycles. The maximum absolute atomic E-state index is 9.42. The van der Waals surface area contributed by atoms with Crippen molar-refractivity contribution in [2.24, 2.45) is 0 Å². The minimum Gasteiger partial charge on any atom is -0.505 e. The van der Waals surface area contributed by atoms with Gasteiger partial charge in [0, 0.05) is 0 Å². The van der Waals surface area contributed by atoms with Crippen LogP contribution in [0.5, 0.6) is 0 Å². The Morgan fingerprint density at radius 2 is 2.31 bits per heavy atom. The maximum Gasteiger partial charge on any atom is 0.202 e. The number of rotatable bonds is 3.